The van der Waals surface area contributed by atoms with Gasteiger partial charge >= 0.3 is 0 Å². The normalized spacial score (nSPS) is 18.8. The van der Waals surface area contributed by atoms with E-state index in [0.29, 0.717) is 52.0 Å². The van der Waals surface area contributed by atoms with Crippen molar-refractivity contribution < 1.29 is 18.7 Å². The molecule has 0 aliphatic carbocycles. The van der Waals surface area contributed by atoms with E-state index in [2.05, 4.69) is 33.2 Å². The number of carbonyl (C=O) groups excluding carboxylic acids is 2. The molecule has 10 nitrogen and oxygen atoms in total. The lowest BCUT2D eigenvalue weighted by Crippen LogP contribution is -2.46. The van der Waals surface area contributed by atoms with Crippen molar-refractivity contribution in [1.82, 2.24) is 24.9 Å². The van der Waals surface area contributed by atoms with Crippen molar-refractivity contribution >= 4 is 62.8 Å². The van der Waals surface area contributed by atoms with Gasteiger partial charge < -0.3 is 9.64 Å². The molecule has 224 valence electrons. The summed E-state index contributed by atoms with van der Waals surface area (Å²) in [5, 5.41) is 19.4. The summed E-state index contributed by atoms with van der Waals surface area (Å²) in [6.45, 7) is 4.06. The van der Waals surface area contributed by atoms with Crippen LogP contribution < -0.4 is 4.90 Å². The van der Waals surface area contributed by atoms with E-state index in [1.165, 1.54) is 4.90 Å². The summed E-state index contributed by atoms with van der Waals surface area (Å²) in [6.07, 6.45) is 0.997. The van der Waals surface area contributed by atoms with Gasteiger partial charge in [0.25, 0.3) is 11.8 Å². The van der Waals surface area contributed by atoms with E-state index >= 15 is 4.39 Å². The summed E-state index contributed by atoms with van der Waals surface area (Å²) >= 11 is 13.2. The minimum absolute atomic E-state index is 0.00599. The molecule has 0 unspecified atom stereocenters. The van der Waals surface area contributed by atoms with E-state index in [0.717, 1.165) is 0 Å². The average molecular weight is 634 g/mol. The third kappa shape index (κ3) is 5.01. The number of hydrogen-bond donors (Lipinski definition) is 0. The number of ether oxygens (including phenoxy) is 1. The molecule has 0 saturated carbocycles. The maximum Gasteiger partial charge on any atom is 0.298 e. The Kier molecular flexibility index (Phi) is 8.12. The lowest BCUT2D eigenvalue weighted by atomic mass is 9.94. The van der Waals surface area contributed by atoms with Crippen LogP contribution in [-0.2, 0) is 14.3 Å². The predicted molar refractivity (Wildman–Crippen MR) is 164 cm³/mol. The van der Waals surface area contributed by atoms with Crippen LogP contribution in [0.3, 0.4) is 0 Å². The van der Waals surface area contributed by atoms with E-state index in [1.807, 2.05) is 0 Å². The summed E-state index contributed by atoms with van der Waals surface area (Å²) in [7, 11) is 0. The van der Waals surface area contributed by atoms with Crippen molar-refractivity contribution in [2.45, 2.75) is 45.2 Å². The Morgan fingerprint density at radius 1 is 1.23 bits per heavy atom. The zero-order valence-corrected chi connectivity index (χ0v) is 25.4. The van der Waals surface area contributed by atoms with Crippen LogP contribution >= 0.6 is 23.2 Å². The monoisotopic (exact) mass is 633 g/mol. The first-order valence-corrected chi connectivity index (χ1v) is 14.8. The second-order valence-electron chi connectivity index (χ2n) is 10.7. The Labute approximate surface area is 262 Å². The predicted octanol–water partition coefficient (Wildman–Crippen LogP) is 5.23. The standard InChI is InChI=1S/C31H26Cl2FN7O3/c1-3-5-24(42)39-11-9-19(14-18(39)8-10-35)41-30-21-15-23(33)26(20-6-4-7-22(32)17(20)2)27(34)28(21)36-31(29(30)37-38-41)40-12-13-44-16-25(40)43/h4,6-7,15,18-19H,8-9,11-14,16H2,1-2H3/t18-,19+/m1/s1. The number of nitriles is 1. The van der Waals surface area contributed by atoms with E-state index in [4.69, 9.17) is 27.9 Å². The summed E-state index contributed by atoms with van der Waals surface area (Å²) < 4.78 is 23.7. The Hall–Kier alpha value is -4.29. The molecule has 0 N–H and O–H groups in total. The number of piperidine rings is 1. The highest BCUT2D eigenvalue weighted by molar-refractivity contribution is 6.35. The maximum atomic E-state index is 16.7. The highest BCUT2D eigenvalue weighted by Crippen LogP contribution is 2.42. The molecule has 4 heterocycles. The molecular weight excluding hydrogens is 608 g/mol. The topological polar surface area (TPSA) is 117 Å². The molecule has 2 aliphatic heterocycles. The number of anilines is 1. The second kappa shape index (κ2) is 12.0. The molecule has 2 aromatic carbocycles. The van der Waals surface area contributed by atoms with Gasteiger partial charge in [0, 0.05) is 28.6 Å². The number of nitrogens with zero attached hydrogens (tertiary/aromatic N) is 7. The van der Waals surface area contributed by atoms with Crippen LogP contribution in [0.1, 0.15) is 37.8 Å². The van der Waals surface area contributed by atoms with Crippen molar-refractivity contribution in [2.24, 2.45) is 0 Å². The molecule has 2 amide bonds. The first-order chi connectivity index (χ1) is 21.2. The Morgan fingerprint density at radius 2 is 2.05 bits per heavy atom. The second-order valence-corrected chi connectivity index (χ2v) is 11.5. The minimum Gasteiger partial charge on any atom is -0.370 e. The molecule has 2 saturated heterocycles. The van der Waals surface area contributed by atoms with Gasteiger partial charge in [0.2, 0.25) is 0 Å². The van der Waals surface area contributed by atoms with Gasteiger partial charge in [-0.2, -0.15) is 5.26 Å². The molecule has 2 aromatic heterocycles. The fourth-order valence-corrected chi connectivity index (χ4v) is 6.53. The average Bonchev–Trinajstić information content (AvgIpc) is 3.45. The minimum atomic E-state index is -0.671. The van der Waals surface area contributed by atoms with E-state index in [1.54, 1.807) is 47.7 Å². The number of rotatable bonds is 4. The van der Waals surface area contributed by atoms with Gasteiger partial charge in [0.15, 0.2) is 17.2 Å². The molecule has 2 aliphatic rings. The zero-order valence-electron chi connectivity index (χ0n) is 23.9. The fraction of sp³-hybridized carbons (Fsp3) is 0.355. The molecule has 2 atom stereocenters. The summed E-state index contributed by atoms with van der Waals surface area (Å²) in [4.78, 5) is 33.3. The molecular formula is C31H26Cl2FN7O3. The molecule has 13 heteroatoms. The van der Waals surface area contributed by atoms with E-state index in [-0.39, 0.29) is 66.0 Å². The van der Waals surface area contributed by atoms with Crippen LogP contribution in [0.15, 0.2) is 24.3 Å². The Balaban J connectivity index is 1.57. The number of likely N-dealkylation sites (tertiary alicyclic amines) is 1. The van der Waals surface area contributed by atoms with Crippen LogP contribution in [0.4, 0.5) is 10.2 Å². The highest BCUT2D eigenvalue weighted by atomic mass is 35.5. The number of fused-ring (bicyclic) bond motifs is 3. The lowest BCUT2D eigenvalue weighted by Gasteiger charge is -2.37. The van der Waals surface area contributed by atoms with Gasteiger partial charge in [0.05, 0.1) is 36.7 Å². The third-order valence-electron chi connectivity index (χ3n) is 8.20. The number of pyridine rings is 1. The first kappa shape index (κ1) is 29.8. The number of benzene rings is 2. The van der Waals surface area contributed by atoms with Gasteiger partial charge in [-0.3, -0.25) is 14.5 Å². The van der Waals surface area contributed by atoms with Gasteiger partial charge in [-0.15, -0.1) is 5.10 Å². The van der Waals surface area contributed by atoms with Crippen molar-refractivity contribution in [3.05, 3.63) is 45.7 Å². The number of aromatic nitrogens is 4. The van der Waals surface area contributed by atoms with Crippen LogP contribution in [0, 0.1) is 35.9 Å². The van der Waals surface area contributed by atoms with Gasteiger partial charge in [-0.25, -0.2) is 14.1 Å². The first-order valence-electron chi connectivity index (χ1n) is 14.1. The molecule has 0 bridgehead atoms. The van der Waals surface area contributed by atoms with Gasteiger partial charge in [-0.05, 0) is 55.9 Å². The van der Waals surface area contributed by atoms with Crippen LogP contribution in [-0.4, -0.2) is 69.0 Å². The van der Waals surface area contributed by atoms with Crippen LogP contribution in [0.2, 0.25) is 10.0 Å². The summed E-state index contributed by atoms with van der Waals surface area (Å²) in [5.74, 6) is 4.02. The molecule has 0 spiro atoms. The number of halogens is 3. The highest BCUT2D eigenvalue weighted by Gasteiger charge is 2.35. The van der Waals surface area contributed by atoms with Crippen molar-refractivity contribution in [2.75, 3.05) is 31.2 Å². The van der Waals surface area contributed by atoms with Crippen LogP contribution in [0.25, 0.3) is 33.1 Å². The Bertz CT molecular complexity index is 1940. The smallest absolute Gasteiger partial charge is 0.298 e. The van der Waals surface area contributed by atoms with E-state index in [9.17, 15) is 14.9 Å². The number of morpholine rings is 1. The van der Waals surface area contributed by atoms with Crippen molar-refractivity contribution in [3.8, 4) is 29.0 Å². The molecule has 6 rings (SSSR count). The summed E-state index contributed by atoms with van der Waals surface area (Å²) in [5.41, 5.74) is 2.07. The molecule has 44 heavy (non-hydrogen) atoms. The fourth-order valence-electron chi connectivity index (χ4n) is 6.06. The number of amides is 2. The number of hydrogen-bond acceptors (Lipinski definition) is 7. The Morgan fingerprint density at radius 3 is 2.80 bits per heavy atom. The number of carbonyl (C=O) groups is 2. The SMILES string of the molecule is CC#CC(=O)N1CC[C@H](n2nnc3c(N4CCOCC4=O)nc4c(F)c(-c5cccc(Cl)c5C)c(Cl)cc4c32)C[C@H]1CC#N. The van der Waals surface area contributed by atoms with Gasteiger partial charge in [0.1, 0.15) is 17.6 Å². The molecule has 0 radical (unpaired) electrons. The lowest BCUT2D eigenvalue weighted by molar-refractivity contribution is -0.129. The van der Waals surface area contributed by atoms with Crippen molar-refractivity contribution in [3.63, 3.8) is 0 Å². The van der Waals surface area contributed by atoms with Crippen LogP contribution in [0.5, 0.6) is 0 Å². The third-order valence-corrected chi connectivity index (χ3v) is 8.91. The van der Waals surface area contributed by atoms with E-state index < -0.39 is 11.9 Å². The summed E-state index contributed by atoms with van der Waals surface area (Å²) in [6, 6.07) is 8.28. The molecule has 4 aromatic rings. The molecule has 2 fully saturated rings. The maximum absolute atomic E-state index is 16.7. The van der Waals surface area contributed by atoms with Gasteiger partial charge in [-0.1, -0.05) is 46.5 Å². The zero-order chi connectivity index (χ0) is 31.1. The van der Waals surface area contributed by atoms with Crippen molar-refractivity contribution in [1.29, 1.82) is 5.26 Å². The largest absolute Gasteiger partial charge is 0.370 e. The quantitative estimate of drug-likeness (QED) is 0.282.